The van der Waals surface area contributed by atoms with E-state index in [1.54, 1.807) is 18.4 Å². The summed E-state index contributed by atoms with van der Waals surface area (Å²) in [6.45, 7) is 5.83. The van der Waals surface area contributed by atoms with E-state index in [0.29, 0.717) is 17.3 Å². The number of carbonyl (C=O) groups excluding carboxylic acids is 1. The van der Waals surface area contributed by atoms with Gasteiger partial charge in [-0.05, 0) is 26.0 Å². The fraction of sp³-hybridized carbons (Fsp3) is 0.200. The molecule has 0 atom stereocenters. The summed E-state index contributed by atoms with van der Waals surface area (Å²) < 4.78 is 1.35. The van der Waals surface area contributed by atoms with E-state index in [0.717, 1.165) is 18.8 Å². The molecule has 0 amide bonds. The van der Waals surface area contributed by atoms with Crippen molar-refractivity contribution in [1.82, 2.24) is 29.8 Å². The van der Waals surface area contributed by atoms with Crippen molar-refractivity contribution < 1.29 is 9.90 Å². The van der Waals surface area contributed by atoms with Gasteiger partial charge in [0.1, 0.15) is 17.5 Å². The summed E-state index contributed by atoms with van der Waals surface area (Å²) in [6.07, 6.45) is 7.86. The van der Waals surface area contributed by atoms with E-state index < -0.39 is 5.78 Å². The lowest BCUT2D eigenvalue weighted by Gasteiger charge is -2.20. The molecule has 1 aliphatic heterocycles. The number of rotatable bonds is 6. The summed E-state index contributed by atoms with van der Waals surface area (Å²) in [7, 11) is 0. The minimum Gasteiger partial charge on any atom is -0.462 e. The van der Waals surface area contributed by atoms with E-state index in [9.17, 15) is 4.79 Å². The molecule has 11 nitrogen and oxygen atoms in total. The largest absolute Gasteiger partial charge is 0.462 e. The number of nitrogens with zero attached hydrogens (tertiary/aromatic N) is 9. The Bertz CT molecular complexity index is 1230. The fourth-order valence-corrected chi connectivity index (χ4v) is 3.05. The Morgan fingerprint density at radius 2 is 1.94 bits per heavy atom. The molecule has 0 unspecified atom stereocenters. The van der Waals surface area contributed by atoms with Gasteiger partial charge in [-0.15, -0.1) is 10.2 Å². The Balaban J connectivity index is 1.78. The van der Waals surface area contributed by atoms with Crippen LogP contribution < -0.4 is 4.90 Å². The number of aliphatic hydroxyl groups is 1. The van der Waals surface area contributed by atoms with Crippen molar-refractivity contribution in [2.24, 2.45) is 10.1 Å². The van der Waals surface area contributed by atoms with Crippen LogP contribution >= 0.6 is 0 Å². The minimum atomic E-state index is -0.711. The number of ketones is 1. The first-order chi connectivity index (χ1) is 15.2. The Hall–Kier alpha value is -4.46. The highest BCUT2D eigenvalue weighted by Crippen LogP contribution is 2.23. The molecule has 0 aromatic carbocycles. The summed E-state index contributed by atoms with van der Waals surface area (Å²) in [5.74, 6) is 2.24. The quantitative estimate of drug-likeness (QED) is 0.594. The van der Waals surface area contributed by atoms with Gasteiger partial charge in [0.2, 0.25) is 11.6 Å². The first kappa shape index (κ1) is 19.8. The number of aliphatic hydroxyl groups excluding tert-OH is 1. The van der Waals surface area contributed by atoms with Crippen LogP contribution in [-0.2, 0) is 4.79 Å². The van der Waals surface area contributed by atoms with Crippen molar-refractivity contribution in [2.75, 3.05) is 18.0 Å². The van der Waals surface area contributed by atoms with Crippen LogP contribution in [-0.4, -0.2) is 65.2 Å². The SMILES string of the molecule is CCN(CC)c1ccc(/N=C2/C(C(=O)C#CO)=Nn3c2nnc3-c2cnccn2)nc1. The number of hydrogen-bond donors (Lipinski definition) is 1. The van der Waals surface area contributed by atoms with Gasteiger partial charge in [-0.3, -0.25) is 9.78 Å². The molecule has 0 saturated heterocycles. The Kier molecular flexibility index (Phi) is 5.44. The summed E-state index contributed by atoms with van der Waals surface area (Å²) in [5, 5.41) is 21.3. The second kappa shape index (κ2) is 8.50. The summed E-state index contributed by atoms with van der Waals surface area (Å²) >= 11 is 0. The van der Waals surface area contributed by atoms with E-state index in [-0.39, 0.29) is 17.2 Å². The highest BCUT2D eigenvalue weighted by molar-refractivity contribution is 6.73. The standard InChI is InChI=1S/C20H17N9O2/c1-3-28(4-2)13-5-6-16(23-11-13)24-18-17(15(31)7-10-30)27-29-19(25-26-20(18)29)14-12-21-8-9-22-14/h5-6,8-9,11-12,30H,3-4H2,1-2H3/b24-18-. The number of hydrogen-bond acceptors (Lipinski definition) is 10. The van der Waals surface area contributed by atoms with E-state index in [4.69, 9.17) is 5.11 Å². The summed E-state index contributed by atoms with van der Waals surface area (Å²) in [6, 6.07) is 3.64. The Morgan fingerprint density at radius 3 is 2.58 bits per heavy atom. The second-order valence-electron chi connectivity index (χ2n) is 6.27. The molecule has 3 aromatic rings. The summed E-state index contributed by atoms with van der Waals surface area (Å²) in [5.41, 5.74) is 1.46. The van der Waals surface area contributed by atoms with Gasteiger partial charge in [0.05, 0.1) is 18.1 Å². The van der Waals surface area contributed by atoms with E-state index in [1.807, 2.05) is 6.07 Å². The highest BCUT2D eigenvalue weighted by Gasteiger charge is 2.33. The molecule has 31 heavy (non-hydrogen) atoms. The molecule has 11 heteroatoms. The molecule has 0 fully saturated rings. The maximum atomic E-state index is 12.4. The van der Waals surface area contributed by atoms with Gasteiger partial charge in [-0.25, -0.2) is 15.0 Å². The minimum absolute atomic E-state index is 0.0776. The van der Waals surface area contributed by atoms with E-state index in [1.165, 1.54) is 23.3 Å². The van der Waals surface area contributed by atoms with Gasteiger partial charge in [0.25, 0.3) is 5.78 Å². The number of Topliss-reactive ketones (excluding diaryl/α,β-unsaturated/α-hetero) is 1. The third-order valence-electron chi connectivity index (χ3n) is 4.54. The smallest absolute Gasteiger partial charge is 0.261 e. The third-order valence-corrected chi connectivity index (χ3v) is 4.54. The van der Waals surface area contributed by atoms with Crippen LogP contribution in [0.25, 0.3) is 11.5 Å². The fourth-order valence-electron chi connectivity index (χ4n) is 3.05. The van der Waals surface area contributed by atoms with Crippen molar-refractivity contribution in [1.29, 1.82) is 0 Å². The molecule has 4 heterocycles. The van der Waals surface area contributed by atoms with Crippen LogP contribution in [0.5, 0.6) is 0 Å². The summed E-state index contributed by atoms with van der Waals surface area (Å²) in [4.78, 5) is 31.6. The number of aromatic nitrogens is 6. The monoisotopic (exact) mass is 415 g/mol. The molecule has 0 saturated carbocycles. The number of anilines is 1. The predicted octanol–water partition coefficient (Wildman–Crippen LogP) is 1.22. The molecule has 1 N–H and O–H groups in total. The number of aliphatic imine (C=N–C) groups is 1. The highest BCUT2D eigenvalue weighted by atomic mass is 16.2. The van der Waals surface area contributed by atoms with Crippen LogP contribution in [0, 0.1) is 12.0 Å². The van der Waals surface area contributed by atoms with Gasteiger partial charge in [-0.1, -0.05) is 0 Å². The lowest BCUT2D eigenvalue weighted by atomic mass is 10.1. The number of fused-ring (bicyclic) bond motifs is 1. The lowest BCUT2D eigenvalue weighted by molar-refractivity contribution is -0.108. The third kappa shape index (κ3) is 3.74. The number of carbonyl (C=O) groups is 1. The topological polar surface area (TPSA) is 135 Å². The Labute approximate surface area is 177 Å². The Morgan fingerprint density at radius 1 is 1.13 bits per heavy atom. The van der Waals surface area contributed by atoms with Crippen LogP contribution in [0.3, 0.4) is 0 Å². The normalized spacial score (nSPS) is 13.4. The van der Waals surface area contributed by atoms with Gasteiger partial charge in [-0.2, -0.15) is 9.78 Å². The molecule has 0 spiro atoms. The molecule has 0 bridgehead atoms. The zero-order valence-corrected chi connectivity index (χ0v) is 16.8. The zero-order valence-electron chi connectivity index (χ0n) is 16.8. The van der Waals surface area contributed by atoms with E-state index in [2.05, 4.69) is 59.9 Å². The van der Waals surface area contributed by atoms with Crippen LogP contribution in [0.15, 0.2) is 47.0 Å². The lowest BCUT2D eigenvalue weighted by Crippen LogP contribution is -2.22. The van der Waals surface area contributed by atoms with Gasteiger partial charge < -0.3 is 10.0 Å². The van der Waals surface area contributed by atoms with Crippen LogP contribution in [0.4, 0.5) is 11.5 Å². The van der Waals surface area contributed by atoms with Crippen molar-refractivity contribution in [2.45, 2.75) is 13.8 Å². The second-order valence-corrected chi connectivity index (χ2v) is 6.27. The zero-order chi connectivity index (χ0) is 21.8. The van der Waals surface area contributed by atoms with Crippen LogP contribution in [0.1, 0.15) is 19.7 Å². The number of pyridine rings is 1. The maximum absolute atomic E-state index is 12.4. The average molecular weight is 415 g/mol. The molecule has 154 valence electrons. The van der Waals surface area contributed by atoms with Gasteiger partial charge >= 0.3 is 0 Å². The van der Waals surface area contributed by atoms with Crippen molar-refractivity contribution >= 4 is 28.7 Å². The first-order valence-corrected chi connectivity index (χ1v) is 9.46. The molecule has 1 aliphatic rings. The predicted molar refractivity (Wildman–Crippen MR) is 113 cm³/mol. The van der Waals surface area contributed by atoms with Crippen molar-refractivity contribution in [3.05, 3.63) is 42.7 Å². The molecular formula is C20H17N9O2. The molecule has 0 aliphatic carbocycles. The molecule has 4 rings (SSSR count). The molecule has 0 radical (unpaired) electrons. The first-order valence-electron chi connectivity index (χ1n) is 9.46. The van der Waals surface area contributed by atoms with Gasteiger partial charge in [0, 0.05) is 31.4 Å². The van der Waals surface area contributed by atoms with Gasteiger partial charge in [0.15, 0.2) is 11.5 Å². The maximum Gasteiger partial charge on any atom is 0.261 e. The van der Waals surface area contributed by atoms with Crippen LogP contribution in [0.2, 0.25) is 0 Å². The molecule has 3 aromatic heterocycles. The van der Waals surface area contributed by atoms with Crippen molar-refractivity contribution in [3.63, 3.8) is 0 Å². The molecular weight excluding hydrogens is 398 g/mol. The average Bonchev–Trinajstić information content (AvgIpc) is 3.37. The van der Waals surface area contributed by atoms with Crippen molar-refractivity contribution in [3.8, 4) is 23.5 Å². The van der Waals surface area contributed by atoms with E-state index >= 15 is 0 Å².